The highest BCUT2D eigenvalue weighted by atomic mass is 35.5. The number of hydrogen-bond acceptors (Lipinski definition) is 1. The SMILES string of the molecule is CC(O)(CCC1CCCC1)Cc1ccc(Cl)cc1. The van der Waals surface area contributed by atoms with Gasteiger partial charge in [0.15, 0.2) is 0 Å². The maximum atomic E-state index is 10.5. The molecule has 0 heterocycles. The Morgan fingerprint density at radius 2 is 1.83 bits per heavy atom. The fraction of sp³-hybridized carbons (Fsp3) is 0.625. The summed E-state index contributed by atoms with van der Waals surface area (Å²) in [5.74, 6) is 0.849. The van der Waals surface area contributed by atoms with E-state index in [0.29, 0.717) is 0 Å². The molecule has 0 radical (unpaired) electrons. The van der Waals surface area contributed by atoms with E-state index in [4.69, 9.17) is 11.6 Å². The van der Waals surface area contributed by atoms with Crippen LogP contribution in [-0.4, -0.2) is 10.7 Å². The molecule has 1 aromatic carbocycles. The molecular weight excluding hydrogens is 244 g/mol. The molecule has 1 saturated carbocycles. The predicted octanol–water partition coefficient (Wildman–Crippen LogP) is 4.60. The van der Waals surface area contributed by atoms with E-state index in [0.717, 1.165) is 29.3 Å². The summed E-state index contributed by atoms with van der Waals surface area (Å²) in [5.41, 5.74) is 0.576. The molecule has 1 unspecified atom stereocenters. The van der Waals surface area contributed by atoms with E-state index in [1.54, 1.807) is 0 Å². The van der Waals surface area contributed by atoms with Crippen LogP contribution in [0.4, 0.5) is 0 Å². The summed E-state index contributed by atoms with van der Waals surface area (Å²) < 4.78 is 0. The molecule has 1 aliphatic carbocycles. The molecule has 18 heavy (non-hydrogen) atoms. The van der Waals surface area contributed by atoms with Crippen molar-refractivity contribution in [3.05, 3.63) is 34.9 Å². The molecule has 0 aliphatic heterocycles. The van der Waals surface area contributed by atoms with Crippen LogP contribution >= 0.6 is 11.6 Å². The lowest BCUT2D eigenvalue weighted by atomic mass is 9.88. The summed E-state index contributed by atoms with van der Waals surface area (Å²) in [6.45, 7) is 1.95. The lowest BCUT2D eigenvalue weighted by molar-refractivity contribution is 0.0446. The second kappa shape index (κ2) is 6.08. The van der Waals surface area contributed by atoms with Crippen molar-refractivity contribution in [1.29, 1.82) is 0 Å². The first-order valence-electron chi connectivity index (χ1n) is 7.02. The van der Waals surface area contributed by atoms with Crippen LogP contribution in [0.2, 0.25) is 5.02 Å². The van der Waals surface area contributed by atoms with E-state index in [1.807, 2.05) is 31.2 Å². The van der Waals surface area contributed by atoms with E-state index in [9.17, 15) is 5.11 Å². The lowest BCUT2D eigenvalue weighted by Gasteiger charge is -2.25. The zero-order valence-electron chi connectivity index (χ0n) is 11.2. The molecule has 1 aromatic rings. The predicted molar refractivity (Wildman–Crippen MR) is 77.0 cm³/mol. The number of rotatable bonds is 5. The maximum Gasteiger partial charge on any atom is 0.0660 e. The minimum absolute atomic E-state index is 0.587. The first-order chi connectivity index (χ1) is 8.55. The van der Waals surface area contributed by atoms with Crippen molar-refractivity contribution in [3.63, 3.8) is 0 Å². The van der Waals surface area contributed by atoms with Gasteiger partial charge in [-0.05, 0) is 43.4 Å². The zero-order valence-corrected chi connectivity index (χ0v) is 11.9. The van der Waals surface area contributed by atoms with E-state index < -0.39 is 5.60 Å². The summed E-state index contributed by atoms with van der Waals surface area (Å²) in [7, 11) is 0. The van der Waals surface area contributed by atoms with Crippen LogP contribution in [0.15, 0.2) is 24.3 Å². The van der Waals surface area contributed by atoms with Gasteiger partial charge in [-0.15, -0.1) is 0 Å². The summed E-state index contributed by atoms with van der Waals surface area (Å²) in [6, 6.07) is 7.80. The van der Waals surface area contributed by atoms with E-state index >= 15 is 0 Å². The molecule has 0 spiro atoms. The minimum atomic E-state index is -0.587. The van der Waals surface area contributed by atoms with Gasteiger partial charge in [-0.3, -0.25) is 0 Å². The van der Waals surface area contributed by atoms with Gasteiger partial charge < -0.3 is 5.11 Å². The van der Waals surface area contributed by atoms with Gasteiger partial charge in [-0.1, -0.05) is 49.4 Å². The Balaban J connectivity index is 1.83. The Hall–Kier alpha value is -0.530. The maximum absolute atomic E-state index is 10.5. The monoisotopic (exact) mass is 266 g/mol. The van der Waals surface area contributed by atoms with Gasteiger partial charge >= 0.3 is 0 Å². The fourth-order valence-electron chi connectivity index (χ4n) is 2.94. The molecule has 1 fully saturated rings. The average molecular weight is 267 g/mol. The van der Waals surface area contributed by atoms with Crippen molar-refractivity contribution in [2.24, 2.45) is 5.92 Å². The van der Waals surface area contributed by atoms with Crippen molar-refractivity contribution in [2.45, 2.75) is 57.5 Å². The van der Waals surface area contributed by atoms with Crippen LogP contribution < -0.4 is 0 Å². The quantitative estimate of drug-likeness (QED) is 0.826. The van der Waals surface area contributed by atoms with Crippen LogP contribution in [0, 0.1) is 5.92 Å². The molecule has 0 saturated heterocycles. The molecule has 2 rings (SSSR count). The molecule has 1 N–H and O–H groups in total. The molecule has 2 heteroatoms. The fourth-order valence-corrected chi connectivity index (χ4v) is 3.07. The van der Waals surface area contributed by atoms with E-state index in [2.05, 4.69) is 0 Å². The Labute approximate surface area is 115 Å². The standard InChI is InChI=1S/C16H23ClO/c1-16(18,11-10-13-4-2-3-5-13)12-14-6-8-15(17)9-7-14/h6-9,13,18H,2-5,10-12H2,1H3. The van der Waals surface area contributed by atoms with Gasteiger partial charge in [0, 0.05) is 11.4 Å². The van der Waals surface area contributed by atoms with E-state index in [-0.39, 0.29) is 0 Å². The van der Waals surface area contributed by atoms with Crippen LogP contribution in [0.1, 0.15) is 51.0 Å². The molecule has 0 aromatic heterocycles. The highest BCUT2D eigenvalue weighted by molar-refractivity contribution is 6.30. The van der Waals surface area contributed by atoms with Gasteiger partial charge in [-0.25, -0.2) is 0 Å². The van der Waals surface area contributed by atoms with Gasteiger partial charge in [0.05, 0.1) is 5.60 Å². The van der Waals surface area contributed by atoms with Crippen molar-refractivity contribution in [3.8, 4) is 0 Å². The van der Waals surface area contributed by atoms with Crippen LogP contribution in [-0.2, 0) is 6.42 Å². The summed E-state index contributed by atoms with van der Waals surface area (Å²) in [4.78, 5) is 0. The van der Waals surface area contributed by atoms with Gasteiger partial charge in [0.25, 0.3) is 0 Å². The van der Waals surface area contributed by atoms with Crippen molar-refractivity contribution in [1.82, 2.24) is 0 Å². The molecule has 0 amide bonds. The average Bonchev–Trinajstić information content (AvgIpc) is 2.83. The van der Waals surface area contributed by atoms with Crippen molar-refractivity contribution >= 4 is 11.6 Å². The Bertz CT molecular complexity index is 363. The largest absolute Gasteiger partial charge is 0.390 e. The summed E-state index contributed by atoms with van der Waals surface area (Å²) in [6.07, 6.45) is 8.26. The molecule has 1 atom stereocenters. The minimum Gasteiger partial charge on any atom is -0.390 e. The highest BCUT2D eigenvalue weighted by Crippen LogP contribution is 2.31. The van der Waals surface area contributed by atoms with Crippen molar-refractivity contribution in [2.75, 3.05) is 0 Å². The van der Waals surface area contributed by atoms with Crippen molar-refractivity contribution < 1.29 is 5.11 Å². The zero-order chi connectivity index (χ0) is 13.0. The third-order valence-corrected chi connectivity index (χ3v) is 4.32. The summed E-state index contributed by atoms with van der Waals surface area (Å²) >= 11 is 5.87. The normalized spacial score (nSPS) is 19.9. The van der Waals surface area contributed by atoms with Gasteiger partial charge in [0.1, 0.15) is 0 Å². The number of aliphatic hydroxyl groups is 1. The first kappa shape index (κ1) is 13.9. The second-order valence-corrected chi connectivity index (χ2v) is 6.43. The Morgan fingerprint density at radius 3 is 2.44 bits per heavy atom. The van der Waals surface area contributed by atoms with Gasteiger partial charge in [-0.2, -0.15) is 0 Å². The van der Waals surface area contributed by atoms with Crippen LogP contribution in [0.25, 0.3) is 0 Å². The topological polar surface area (TPSA) is 20.2 Å². The van der Waals surface area contributed by atoms with Crippen LogP contribution in [0.5, 0.6) is 0 Å². The Morgan fingerprint density at radius 1 is 1.22 bits per heavy atom. The molecule has 1 nitrogen and oxygen atoms in total. The lowest BCUT2D eigenvalue weighted by Crippen LogP contribution is -2.27. The van der Waals surface area contributed by atoms with E-state index in [1.165, 1.54) is 32.1 Å². The molecular formula is C16H23ClO. The Kier molecular flexibility index (Phi) is 4.69. The number of halogens is 1. The molecule has 0 bridgehead atoms. The number of hydrogen-bond donors (Lipinski definition) is 1. The smallest absolute Gasteiger partial charge is 0.0660 e. The molecule has 100 valence electrons. The highest BCUT2D eigenvalue weighted by Gasteiger charge is 2.24. The third-order valence-electron chi connectivity index (χ3n) is 4.06. The number of benzene rings is 1. The third kappa shape index (κ3) is 4.29. The molecule has 1 aliphatic rings. The van der Waals surface area contributed by atoms with Gasteiger partial charge in [0.2, 0.25) is 0 Å². The second-order valence-electron chi connectivity index (χ2n) is 5.99. The summed E-state index contributed by atoms with van der Waals surface area (Å²) in [5, 5.41) is 11.2. The van der Waals surface area contributed by atoms with Crippen LogP contribution in [0.3, 0.4) is 0 Å². The first-order valence-corrected chi connectivity index (χ1v) is 7.40.